The Morgan fingerprint density at radius 1 is 1.39 bits per heavy atom. The van der Waals surface area contributed by atoms with Crippen LogP contribution >= 0.6 is 0 Å². The van der Waals surface area contributed by atoms with Gasteiger partial charge in [-0.15, -0.1) is 0 Å². The molecule has 1 aliphatic heterocycles. The van der Waals surface area contributed by atoms with Gasteiger partial charge in [0.15, 0.2) is 0 Å². The van der Waals surface area contributed by atoms with Crippen molar-refractivity contribution in [1.82, 2.24) is 9.55 Å². The zero-order valence-electron chi connectivity index (χ0n) is 10.4. The second-order valence-electron chi connectivity index (χ2n) is 4.91. The van der Waals surface area contributed by atoms with Crippen molar-refractivity contribution >= 4 is 27.8 Å². The number of anilines is 1. The van der Waals surface area contributed by atoms with Gasteiger partial charge < -0.3 is 10.3 Å². The fraction of sp³-hybridized carbons (Fsp3) is 0.462. The van der Waals surface area contributed by atoms with Crippen LogP contribution in [0.4, 0.5) is 5.95 Å². The third-order valence-corrected chi connectivity index (χ3v) is 4.98. The zero-order chi connectivity index (χ0) is 12.7. The molecule has 2 aromatic rings. The number of nitrogens with zero attached hydrogens (tertiary/aromatic N) is 2. The lowest BCUT2D eigenvalue weighted by molar-refractivity contribution is 0.478. The number of aromatic nitrogens is 2. The van der Waals surface area contributed by atoms with Gasteiger partial charge in [-0.2, -0.15) is 0 Å². The summed E-state index contributed by atoms with van der Waals surface area (Å²) in [4.78, 5) is 4.43. The Morgan fingerprint density at radius 3 is 2.83 bits per heavy atom. The van der Waals surface area contributed by atoms with Gasteiger partial charge in [-0.25, -0.2) is 4.98 Å². The standard InChI is InChI=1S/C13H17N3OS/c1-9-2-3-12-11(8-9)15-13(14)16(12)10-4-6-18(17)7-5-10/h2-3,8,10H,4-7H2,1H3,(H2,14,15). The molecule has 18 heavy (non-hydrogen) atoms. The van der Waals surface area contributed by atoms with Crippen LogP contribution in [0.15, 0.2) is 18.2 Å². The van der Waals surface area contributed by atoms with E-state index in [0.29, 0.717) is 12.0 Å². The number of hydrogen-bond donors (Lipinski definition) is 1. The van der Waals surface area contributed by atoms with E-state index in [-0.39, 0.29) is 0 Å². The molecule has 1 aromatic heterocycles. The molecule has 1 saturated heterocycles. The van der Waals surface area contributed by atoms with Gasteiger partial charge in [0.05, 0.1) is 11.0 Å². The lowest BCUT2D eigenvalue weighted by Gasteiger charge is -2.24. The first-order valence-electron chi connectivity index (χ1n) is 6.24. The molecule has 0 bridgehead atoms. The Labute approximate surface area is 109 Å². The molecular weight excluding hydrogens is 246 g/mol. The number of nitrogen functional groups attached to an aromatic ring is 1. The van der Waals surface area contributed by atoms with Gasteiger partial charge >= 0.3 is 0 Å². The van der Waals surface area contributed by atoms with Crippen LogP contribution < -0.4 is 5.73 Å². The summed E-state index contributed by atoms with van der Waals surface area (Å²) in [6, 6.07) is 6.57. The summed E-state index contributed by atoms with van der Waals surface area (Å²) in [5.74, 6) is 2.12. The summed E-state index contributed by atoms with van der Waals surface area (Å²) in [6.45, 7) is 2.05. The van der Waals surface area contributed by atoms with Crippen molar-refractivity contribution in [3.05, 3.63) is 23.8 Å². The van der Waals surface area contributed by atoms with E-state index in [1.54, 1.807) is 0 Å². The van der Waals surface area contributed by atoms with Crippen LogP contribution in [0.5, 0.6) is 0 Å². The highest BCUT2D eigenvalue weighted by Gasteiger charge is 2.22. The Bertz CT molecular complexity index is 610. The summed E-state index contributed by atoms with van der Waals surface area (Å²) >= 11 is 0. The Balaban J connectivity index is 2.05. The molecule has 1 aliphatic rings. The molecule has 2 N–H and O–H groups in total. The molecule has 0 saturated carbocycles. The highest BCUT2D eigenvalue weighted by molar-refractivity contribution is 7.85. The number of fused-ring (bicyclic) bond motifs is 1. The highest BCUT2D eigenvalue weighted by Crippen LogP contribution is 2.30. The third kappa shape index (κ3) is 1.92. The topological polar surface area (TPSA) is 60.9 Å². The van der Waals surface area contributed by atoms with Crippen molar-refractivity contribution in [3.63, 3.8) is 0 Å². The molecule has 1 aromatic carbocycles. The van der Waals surface area contributed by atoms with E-state index in [1.807, 2.05) is 0 Å². The minimum atomic E-state index is -0.641. The smallest absolute Gasteiger partial charge is 0.201 e. The van der Waals surface area contributed by atoms with Crippen LogP contribution in [0, 0.1) is 6.92 Å². The van der Waals surface area contributed by atoms with Crippen molar-refractivity contribution in [1.29, 1.82) is 0 Å². The van der Waals surface area contributed by atoms with Gasteiger partial charge in [0, 0.05) is 28.3 Å². The van der Waals surface area contributed by atoms with Crippen LogP contribution in [0.25, 0.3) is 11.0 Å². The third-order valence-electron chi connectivity index (χ3n) is 3.59. The van der Waals surface area contributed by atoms with E-state index in [4.69, 9.17) is 5.73 Å². The van der Waals surface area contributed by atoms with Crippen molar-refractivity contribution in [3.8, 4) is 0 Å². The van der Waals surface area contributed by atoms with Gasteiger partial charge in [-0.1, -0.05) is 6.07 Å². The number of aryl methyl sites for hydroxylation is 1. The number of imidazole rings is 1. The van der Waals surface area contributed by atoms with Crippen molar-refractivity contribution in [2.24, 2.45) is 0 Å². The van der Waals surface area contributed by atoms with Crippen molar-refractivity contribution in [2.45, 2.75) is 25.8 Å². The maximum Gasteiger partial charge on any atom is 0.201 e. The van der Waals surface area contributed by atoms with Crippen LogP contribution in [0.1, 0.15) is 24.4 Å². The molecule has 0 atom stereocenters. The molecule has 3 rings (SSSR count). The summed E-state index contributed by atoms with van der Waals surface area (Å²) < 4.78 is 13.5. The minimum absolute atomic E-state index is 0.343. The quantitative estimate of drug-likeness (QED) is 0.856. The predicted molar refractivity (Wildman–Crippen MR) is 75.0 cm³/mol. The number of nitrogens with two attached hydrogens (primary N) is 1. The van der Waals surface area contributed by atoms with E-state index < -0.39 is 10.8 Å². The summed E-state index contributed by atoms with van der Waals surface area (Å²) in [6.07, 6.45) is 1.85. The predicted octanol–water partition coefficient (Wildman–Crippen LogP) is 2.01. The summed E-state index contributed by atoms with van der Waals surface area (Å²) in [7, 11) is -0.641. The van der Waals surface area contributed by atoms with E-state index in [1.165, 1.54) is 5.56 Å². The molecular formula is C13H17N3OS. The second kappa shape index (κ2) is 4.39. The monoisotopic (exact) mass is 263 g/mol. The van der Waals surface area contributed by atoms with E-state index >= 15 is 0 Å². The molecule has 1 fully saturated rings. The number of benzene rings is 1. The zero-order valence-corrected chi connectivity index (χ0v) is 11.2. The average molecular weight is 263 g/mol. The minimum Gasteiger partial charge on any atom is -0.369 e. The first-order chi connectivity index (χ1) is 8.65. The number of rotatable bonds is 1. The van der Waals surface area contributed by atoms with E-state index in [0.717, 1.165) is 35.4 Å². The largest absolute Gasteiger partial charge is 0.369 e. The fourth-order valence-corrected chi connectivity index (χ4v) is 3.92. The SMILES string of the molecule is Cc1ccc2c(c1)nc(N)n2C1CCS(=O)CC1. The van der Waals surface area contributed by atoms with Crippen LogP contribution in [0.3, 0.4) is 0 Å². The van der Waals surface area contributed by atoms with Gasteiger partial charge in [-0.3, -0.25) is 4.21 Å². The Hall–Kier alpha value is -1.36. The molecule has 0 radical (unpaired) electrons. The van der Waals surface area contributed by atoms with Crippen LogP contribution in [-0.4, -0.2) is 25.3 Å². The van der Waals surface area contributed by atoms with E-state index in [2.05, 4.69) is 34.7 Å². The molecule has 0 amide bonds. The molecule has 0 aliphatic carbocycles. The Morgan fingerprint density at radius 2 is 2.11 bits per heavy atom. The highest BCUT2D eigenvalue weighted by atomic mass is 32.2. The molecule has 0 unspecified atom stereocenters. The summed E-state index contributed by atoms with van der Waals surface area (Å²) in [5, 5.41) is 0. The first-order valence-corrected chi connectivity index (χ1v) is 7.73. The maximum absolute atomic E-state index is 11.4. The normalized spacial score (nSPS) is 24.5. The Kier molecular flexibility index (Phi) is 2.86. The molecule has 5 heteroatoms. The molecule has 4 nitrogen and oxygen atoms in total. The van der Waals surface area contributed by atoms with Crippen LogP contribution in [0.2, 0.25) is 0 Å². The van der Waals surface area contributed by atoms with Crippen molar-refractivity contribution in [2.75, 3.05) is 17.2 Å². The molecule has 96 valence electrons. The average Bonchev–Trinajstić information content (AvgIpc) is 2.65. The first kappa shape index (κ1) is 11.7. The fourth-order valence-electron chi connectivity index (χ4n) is 2.65. The van der Waals surface area contributed by atoms with Crippen LogP contribution in [-0.2, 0) is 10.8 Å². The van der Waals surface area contributed by atoms with Crippen molar-refractivity contribution < 1.29 is 4.21 Å². The van der Waals surface area contributed by atoms with Gasteiger partial charge in [-0.05, 0) is 37.5 Å². The lowest BCUT2D eigenvalue weighted by atomic mass is 10.1. The number of hydrogen-bond acceptors (Lipinski definition) is 3. The molecule has 2 heterocycles. The van der Waals surface area contributed by atoms with Gasteiger partial charge in [0.1, 0.15) is 0 Å². The molecule has 0 spiro atoms. The van der Waals surface area contributed by atoms with E-state index in [9.17, 15) is 4.21 Å². The summed E-state index contributed by atoms with van der Waals surface area (Å²) in [5.41, 5.74) is 9.29. The maximum atomic E-state index is 11.4. The van der Waals surface area contributed by atoms with Gasteiger partial charge in [0.2, 0.25) is 5.95 Å². The van der Waals surface area contributed by atoms with Gasteiger partial charge in [0.25, 0.3) is 0 Å². The lowest BCUT2D eigenvalue weighted by Crippen LogP contribution is -2.22. The second-order valence-corrected chi connectivity index (χ2v) is 6.61.